The van der Waals surface area contributed by atoms with Crippen molar-refractivity contribution in [3.8, 4) is 0 Å². The number of hydrogen-bond acceptors (Lipinski definition) is 8. The normalized spacial score (nSPS) is 14.8. The van der Waals surface area contributed by atoms with Crippen LogP contribution in [0.2, 0.25) is 0 Å². The van der Waals surface area contributed by atoms with Crippen molar-refractivity contribution in [3.05, 3.63) is 70.3 Å². The fraction of sp³-hybridized carbons (Fsp3) is 0.182. The molecule has 0 atom stereocenters. The second-order valence-electron chi connectivity index (χ2n) is 6.96. The van der Waals surface area contributed by atoms with Crippen molar-refractivity contribution in [3.63, 3.8) is 0 Å². The Morgan fingerprint density at radius 2 is 1.69 bits per heavy atom. The molecule has 1 heterocycles. The Hall–Kier alpha value is -3.37. The molecule has 162 valence electrons. The van der Waals surface area contributed by atoms with E-state index in [1.807, 2.05) is 0 Å². The van der Waals surface area contributed by atoms with E-state index in [-0.39, 0.29) is 58.4 Å². The van der Waals surface area contributed by atoms with Gasteiger partial charge in [-0.1, -0.05) is 60.4 Å². The molecule has 10 heteroatoms. The molecule has 0 bridgehead atoms. The van der Waals surface area contributed by atoms with Crippen molar-refractivity contribution in [1.82, 2.24) is 10.2 Å². The van der Waals surface area contributed by atoms with Crippen LogP contribution in [0.25, 0.3) is 0 Å². The maximum atomic E-state index is 13.0. The third kappa shape index (κ3) is 4.06. The Bertz CT molecular complexity index is 1180. The maximum Gasteiger partial charge on any atom is 0.339 e. The van der Waals surface area contributed by atoms with E-state index in [0.717, 1.165) is 0 Å². The second-order valence-corrected chi connectivity index (χ2v) is 8.57. The minimum atomic E-state index is -0.884. The summed E-state index contributed by atoms with van der Waals surface area (Å²) in [6.45, 7) is -0.200. The van der Waals surface area contributed by atoms with Crippen molar-refractivity contribution in [2.45, 2.75) is 0 Å². The van der Waals surface area contributed by atoms with E-state index in [1.54, 1.807) is 18.2 Å². The summed E-state index contributed by atoms with van der Waals surface area (Å²) in [7, 11) is 0. The molecule has 8 nitrogen and oxygen atoms in total. The van der Waals surface area contributed by atoms with E-state index in [9.17, 15) is 24.0 Å². The van der Waals surface area contributed by atoms with Gasteiger partial charge in [-0.3, -0.25) is 24.1 Å². The highest BCUT2D eigenvalue weighted by atomic mass is 32.2. The van der Waals surface area contributed by atoms with E-state index >= 15 is 0 Å². The lowest BCUT2D eigenvalue weighted by atomic mass is 9.82. The first-order chi connectivity index (χ1) is 15.4. The summed E-state index contributed by atoms with van der Waals surface area (Å²) in [6.07, 6.45) is 0. The Morgan fingerprint density at radius 1 is 1.00 bits per heavy atom. The number of fused-ring (bicyclic) bond motifs is 2. The highest BCUT2D eigenvalue weighted by molar-refractivity contribution is 8.23. The number of esters is 1. The predicted octanol–water partition coefficient (Wildman–Crippen LogP) is 1.60. The first-order valence-corrected chi connectivity index (χ1v) is 11.0. The number of nitrogens with zero attached hydrogens (tertiary/aromatic N) is 1. The summed E-state index contributed by atoms with van der Waals surface area (Å²) >= 11 is 6.33. The fourth-order valence-electron chi connectivity index (χ4n) is 3.48. The van der Waals surface area contributed by atoms with Gasteiger partial charge in [0.2, 0.25) is 5.91 Å². The van der Waals surface area contributed by atoms with Gasteiger partial charge in [0.1, 0.15) is 4.32 Å². The zero-order chi connectivity index (χ0) is 22.8. The summed E-state index contributed by atoms with van der Waals surface area (Å²) in [6, 6.07) is 10.8. The molecule has 0 spiro atoms. The number of rotatable bonds is 6. The Labute approximate surface area is 192 Å². The van der Waals surface area contributed by atoms with Gasteiger partial charge < -0.3 is 10.1 Å². The van der Waals surface area contributed by atoms with Crippen molar-refractivity contribution in [2.24, 2.45) is 0 Å². The lowest BCUT2D eigenvalue weighted by Gasteiger charge is -2.19. The number of carbonyl (C=O) groups is 5. The fourth-order valence-corrected chi connectivity index (χ4v) is 4.60. The molecule has 0 unspecified atom stereocenters. The van der Waals surface area contributed by atoms with Gasteiger partial charge in [-0.25, -0.2) is 4.79 Å². The van der Waals surface area contributed by atoms with Crippen LogP contribution >= 0.6 is 24.0 Å². The van der Waals surface area contributed by atoms with Crippen LogP contribution in [-0.2, 0) is 14.3 Å². The van der Waals surface area contributed by atoms with Crippen LogP contribution < -0.4 is 5.32 Å². The van der Waals surface area contributed by atoms with Crippen LogP contribution in [-0.4, -0.2) is 64.0 Å². The Kier molecular flexibility index (Phi) is 6.15. The Balaban J connectivity index is 1.40. The summed E-state index contributed by atoms with van der Waals surface area (Å²) in [4.78, 5) is 63.4. The molecule has 32 heavy (non-hydrogen) atoms. The highest BCUT2D eigenvalue weighted by Gasteiger charge is 2.33. The molecule has 1 aliphatic carbocycles. The number of thioether (sulfide) groups is 1. The molecule has 0 saturated carbocycles. The average molecular weight is 469 g/mol. The van der Waals surface area contributed by atoms with Gasteiger partial charge >= 0.3 is 5.97 Å². The van der Waals surface area contributed by atoms with E-state index in [0.29, 0.717) is 4.32 Å². The molecule has 0 aromatic heterocycles. The third-order valence-corrected chi connectivity index (χ3v) is 6.44. The number of thiocarbonyl (C=S) groups is 1. The number of hydrogen-bond donors (Lipinski definition) is 1. The summed E-state index contributed by atoms with van der Waals surface area (Å²) in [5, 5.41) is 2.55. The van der Waals surface area contributed by atoms with Crippen LogP contribution in [0, 0.1) is 0 Å². The van der Waals surface area contributed by atoms with Gasteiger partial charge in [-0.15, -0.1) is 0 Å². The quantitative estimate of drug-likeness (QED) is 0.429. The number of carbonyl (C=O) groups excluding carboxylic acids is 5. The molecule has 4 rings (SSSR count). The lowest BCUT2D eigenvalue weighted by molar-refractivity contribution is -0.126. The predicted molar refractivity (Wildman–Crippen MR) is 120 cm³/mol. The first kappa shape index (κ1) is 21.8. The second kappa shape index (κ2) is 9.01. The van der Waals surface area contributed by atoms with Crippen molar-refractivity contribution < 1.29 is 28.7 Å². The molecule has 1 fully saturated rings. The minimum Gasteiger partial charge on any atom is -0.452 e. The van der Waals surface area contributed by atoms with Gasteiger partial charge in [0, 0.05) is 35.3 Å². The number of nitrogens with one attached hydrogen (secondary N) is 1. The smallest absolute Gasteiger partial charge is 0.339 e. The van der Waals surface area contributed by atoms with Gasteiger partial charge in [-0.05, 0) is 6.07 Å². The maximum absolute atomic E-state index is 13.0. The molecular formula is C22H16N2O6S2. The largest absolute Gasteiger partial charge is 0.452 e. The summed E-state index contributed by atoms with van der Waals surface area (Å²) in [5.41, 5.74) is 0.518. The summed E-state index contributed by atoms with van der Waals surface area (Å²) in [5.74, 6) is -2.08. The average Bonchev–Trinajstić information content (AvgIpc) is 3.12. The standard InChI is InChI=1S/C22H16N2O6S2/c25-16(23-8-9-24-17(26)11-32-22(24)31)10-30-21(29)15-7-3-6-14-18(15)20(28)13-5-2-1-4-12(13)19(14)27/h1-7H,8-11H2,(H,23,25). The molecule has 2 amide bonds. The zero-order valence-corrected chi connectivity index (χ0v) is 18.2. The van der Waals surface area contributed by atoms with E-state index in [2.05, 4.69) is 5.32 Å². The monoisotopic (exact) mass is 468 g/mol. The van der Waals surface area contributed by atoms with Crippen molar-refractivity contribution in [1.29, 1.82) is 0 Å². The molecule has 1 saturated heterocycles. The zero-order valence-electron chi connectivity index (χ0n) is 16.6. The van der Waals surface area contributed by atoms with Gasteiger partial charge in [0.25, 0.3) is 5.91 Å². The first-order valence-electron chi connectivity index (χ1n) is 9.61. The van der Waals surface area contributed by atoms with E-state index in [1.165, 1.54) is 40.9 Å². The van der Waals surface area contributed by atoms with Crippen molar-refractivity contribution >= 4 is 57.7 Å². The number of ether oxygens (including phenoxy) is 1. The molecule has 2 aromatic rings. The molecule has 1 aliphatic heterocycles. The molecule has 1 N–H and O–H groups in total. The van der Waals surface area contributed by atoms with Crippen LogP contribution in [0.1, 0.15) is 42.2 Å². The van der Waals surface area contributed by atoms with Gasteiger partial charge in [0.15, 0.2) is 18.2 Å². The van der Waals surface area contributed by atoms with Crippen LogP contribution in [0.5, 0.6) is 0 Å². The van der Waals surface area contributed by atoms with Gasteiger partial charge in [0.05, 0.1) is 11.3 Å². The van der Waals surface area contributed by atoms with Crippen LogP contribution in [0.3, 0.4) is 0 Å². The topological polar surface area (TPSA) is 110 Å². The van der Waals surface area contributed by atoms with E-state index in [4.69, 9.17) is 17.0 Å². The number of ketones is 2. The van der Waals surface area contributed by atoms with Gasteiger partial charge in [-0.2, -0.15) is 0 Å². The molecule has 0 radical (unpaired) electrons. The van der Waals surface area contributed by atoms with E-state index < -0.39 is 24.3 Å². The number of benzene rings is 2. The summed E-state index contributed by atoms with van der Waals surface area (Å²) < 4.78 is 5.53. The molecule has 2 aromatic carbocycles. The molecule has 2 aliphatic rings. The van der Waals surface area contributed by atoms with Crippen LogP contribution in [0.4, 0.5) is 0 Å². The van der Waals surface area contributed by atoms with Crippen LogP contribution in [0.15, 0.2) is 42.5 Å². The SMILES string of the molecule is O=C(COC(=O)c1cccc2c1C(=O)c1ccccc1C2=O)NCCN1C(=O)CSC1=S. The number of amides is 2. The highest BCUT2D eigenvalue weighted by Crippen LogP contribution is 2.29. The minimum absolute atomic E-state index is 0.0276. The van der Waals surface area contributed by atoms with Crippen molar-refractivity contribution in [2.75, 3.05) is 25.4 Å². The lowest BCUT2D eigenvalue weighted by Crippen LogP contribution is -2.38. The third-order valence-electron chi connectivity index (χ3n) is 5.00. The molecular weight excluding hydrogens is 452 g/mol. The Morgan fingerprint density at radius 3 is 2.38 bits per heavy atom.